The first kappa shape index (κ1) is 15.6. The Balaban J connectivity index is 1.84. The van der Waals surface area contributed by atoms with Gasteiger partial charge in [0, 0.05) is 29.0 Å². The van der Waals surface area contributed by atoms with Crippen molar-refractivity contribution in [1.29, 1.82) is 0 Å². The number of aryl methyl sites for hydroxylation is 1. The van der Waals surface area contributed by atoms with Gasteiger partial charge >= 0.3 is 6.03 Å². The van der Waals surface area contributed by atoms with Gasteiger partial charge in [-0.15, -0.1) is 0 Å². The Morgan fingerprint density at radius 2 is 2.00 bits per heavy atom. The van der Waals surface area contributed by atoms with E-state index >= 15 is 0 Å². The van der Waals surface area contributed by atoms with Gasteiger partial charge < -0.3 is 9.88 Å². The molecular formula is C16H13Cl2N3O2. The number of amides is 3. The van der Waals surface area contributed by atoms with E-state index in [4.69, 9.17) is 23.2 Å². The zero-order valence-electron chi connectivity index (χ0n) is 12.2. The number of benzene rings is 1. The number of imide groups is 1. The van der Waals surface area contributed by atoms with E-state index in [1.807, 2.05) is 29.9 Å². The van der Waals surface area contributed by atoms with E-state index in [1.165, 1.54) is 0 Å². The van der Waals surface area contributed by atoms with E-state index in [-0.39, 0.29) is 18.1 Å². The van der Waals surface area contributed by atoms with Crippen LogP contribution in [-0.4, -0.2) is 21.4 Å². The van der Waals surface area contributed by atoms with Crippen LogP contribution in [0.15, 0.2) is 42.2 Å². The van der Waals surface area contributed by atoms with E-state index in [0.29, 0.717) is 15.6 Å². The smallest absolute Gasteiger partial charge is 0.329 e. The van der Waals surface area contributed by atoms with Crippen molar-refractivity contribution in [1.82, 2.24) is 14.8 Å². The highest BCUT2D eigenvalue weighted by molar-refractivity contribution is 6.35. The summed E-state index contributed by atoms with van der Waals surface area (Å²) in [7, 11) is 1.86. The first-order chi connectivity index (χ1) is 11.0. The molecule has 3 amide bonds. The van der Waals surface area contributed by atoms with Crippen molar-refractivity contribution in [3.8, 4) is 0 Å². The molecule has 0 radical (unpaired) electrons. The molecule has 2 heterocycles. The van der Waals surface area contributed by atoms with Crippen LogP contribution < -0.4 is 5.32 Å². The molecule has 0 atom stereocenters. The molecule has 1 aliphatic rings. The normalized spacial score (nSPS) is 16.3. The number of carbonyl (C=O) groups is 2. The van der Waals surface area contributed by atoms with Crippen LogP contribution in [0.3, 0.4) is 0 Å². The summed E-state index contributed by atoms with van der Waals surface area (Å²) in [4.78, 5) is 25.6. The quantitative estimate of drug-likeness (QED) is 0.681. The molecule has 0 saturated carbocycles. The van der Waals surface area contributed by atoms with Gasteiger partial charge in [0.05, 0.1) is 6.54 Å². The molecule has 0 aliphatic carbocycles. The number of hydrogen-bond acceptors (Lipinski definition) is 2. The minimum Gasteiger partial charge on any atom is -0.351 e. The molecule has 1 aromatic heterocycles. The summed E-state index contributed by atoms with van der Waals surface area (Å²) < 4.78 is 1.85. The summed E-state index contributed by atoms with van der Waals surface area (Å²) in [5.74, 6) is -0.387. The van der Waals surface area contributed by atoms with Crippen LogP contribution in [0, 0.1) is 0 Å². The second-order valence-electron chi connectivity index (χ2n) is 5.16. The molecule has 1 aromatic carbocycles. The topological polar surface area (TPSA) is 54.3 Å². The van der Waals surface area contributed by atoms with Crippen molar-refractivity contribution in [3.63, 3.8) is 0 Å². The van der Waals surface area contributed by atoms with Gasteiger partial charge in [-0.25, -0.2) is 4.79 Å². The van der Waals surface area contributed by atoms with Crippen LogP contribution in [0.25, 0.3) is 6.08 Å². The average Bonchev–Trinajstić information content (AvgIpc) is 3.00. The molecule has 0 bridgehead atoms. The molecule has 3 rings (SSSR count). The summed E-state index contributed by atoms with van der Waals surface area (Å²) in [6.45, 7) is 0.0884. The number of halogens is 2. The van der Waals surface area contributed by atoms with Gasteiger partial charge in [-0.2, -0.15) is 0 Å². The molecule has 0 spiro atoms. The lowest BCUT2D eigenvalue weighted by Gasteiger charge is -2.13. The van der Waals surface area contributed by atoms with Crippen molar-refractivity contribution in [2.45, 2.75) is 6.54 Å². The van der Waals surface area contributed by atoms with Crippen molar-refractivity contribution < 1.29 is 9.59 Å². The molecule has 2 aromatic rings. The van der Waals surface area contributed by atoms with Crippen LogP contribution in [0.1, 0.15) is 11.3 Å². The maximum Gasteiger partial charge on any atom is 0.329 e. The van der Waals surface area contributed by atoms with E-state index < -0.39 is 6.03 Å². The van der Waals surface area contributed by atoms with Crippen molar-refractivity contribution in [2.24, 2.45) is 7.05 Å². The Morgan fingerprint density at radius 3 is 2.65 bits per heavy atom. The molecule has 1 saturated heterocycles. The maximum absolute atomic E-state index is 12.4. The fourth-order valence-corrected chi connectivity index (χ4v) is 2.78. The zero-order valence-corrected chi connectivity index (χ0v) is 13.7. The minimum atomic E-state index is -0.471. The summed E-state index contributed by atoms with van der Waals surface area (Å²) in [6, 6.07) is 8.19. The lowest BCUT2D eigenvalue weighted by atomic mass is 10.2. The highest BCUT2D eigenvalue weighted by Crippen LogP contribution is 2.24. The molecule has 1 fully saturated rings. The van der Waals surface area contributed by atoms with Gasteiger partial charge in [0.2, 0.25) is 0 Å². The summed E-state index contributed by atoms with van der Waals surface area (Å²) >= 11 is 12.0. The van der Waals surface area contributed by atoms with Gasteiger partial charge in [-0.3, -0.25) is 9.69 Å². The minimum absolute atomic E-state index is 0.0884. The van der Waals surface area contributed by atoms with E-state index in [1.54, 1.807) is 24.3 Å². The number of hydrogen-bond donors (Lipinski definition) is 1. The van der Waals surface area contributed by atoms with E-state index in [2.05, 4.69) is 5.32 Å². The number of rotatable bonds is 3. The maximum atomic E-state index is 12.4. The first-order valence-electron chi connectivity index (χ1n) is 6.85. The number of urea groups is 1. The Kier molecular flexibility index (Phi) is 4.15. The number of aromatic nitrogens is 1. The number of nitrogens with one attached hydrogen (secondary N) is 1. The molecule has 7 heteroatoms. The molecule has 0 unspecified atom stereocenters. The predicted molar refractivity (Wildman–Crippen MR) is 88.9 cm³/mol. The van der Waals surface area contributed by atoms with Crippen LogP contribution in [0.2, 0.25) is 10.0 Å². The summed E-state index contributed by atoms with van der Waals surface area (Å²) in [6.07, 6.45) is 3.50. The predicted octanol–water partition coefficient (Wildman–Crippen LogP) is 3.42. The van der Waals surface area contributed by atoms with Gasteiger partial charge in [-0.05, 0) is 35.9 Å². The summed E-state index contributed by atoms with van der Waals surface area (Å²) in [5, 5.41) is 3.50. The molecule has 1 aliphatic heterocycles. The number of nitrogens with zero attached hydrogens (tertiary/aromatic N) is 2. The van der Waals surface area contributed by atoms with Crippen molar-refractivity contribution in [3.05, 3.63) is 63.5 Å². The Hall–Kier alpha value is -2.24. The lowest BCUT2D eigenvalue weighted by Crippen LogP contribution is -2.30. The third kappa shape index (κ3) is 3.11. The Bertz CT molecular complexity index is 826. The van der Waals surface area contributed by atoms with Crippen LogP contribution in [0.4, 0.5) is 4.79 Å². The third-order valence-electron chi connectivity index (χ3n) is 3.58. The zero-order chi connectivity index (χ0) is 16.6. The van der Waals surface area contributed by atoms with Gasteiger partial charge in [-0.1, -0.05) is 29.3 Å². The molecule has 5 nitrogen and oxygen atoms in total. The fourth-order valence-electron chi connectivity index (χ4n) is 2.31. The lowest BCUT2D eigenvalue weighted by molar-refractivity contribution is -0.123. The molecule has 118 valence electrons. The van der Waals surface area contributed by atoms with Crippen LogP contribution in [0.5, 0.6) is 0 Å². The largest absolute Gasteiger partial charge is 0.351 e. The average molecular weight is 350 g/mol. The second kappa shape index (κ2) is 6.10. The molecule has 1 N–H and O–H groups in total. The SMILES string of the molecule is Cn1cccc1/C=C1\NC(=O)N(Cc2ccc(Cl)cc2Cl)C1=O. The monoisotopic (exact) mass is 349 g/mol. The molecular weight excluding hydrogens is 337 g/mol. The fraction of sp³-hybridized carbons (Fsp3) is 0.125. The highest BCUT2D eigenvalue weighted by atomic mass is 35.5. The first-order valence-corrected chi connectivity index (χ1v) is 7.61. The summed E-state index contributed by atoms with van der Waals surface area (Å²) in [5.41, 5.74) is 1.71. The van der Waals surface area contributed by atoms with Crippen molar-refractivity contribution >= 4 is 41.2 Å². The van der Waals surface area contributed by atoms with E-state index in [0.717, 1.165) is 10.6 Å². The van der Waals surface area contributed by atoms with Gasteiger partial charge in [0.15, 0.2) is 0 Å². The Labute approximate surface area is 143 Å². The van der Waals surface area contributed by atoms with Crippen LogP contribution in [-0.2, 0) is 18.4 Å². The Morgan fingerprint density at radius 1 is 1.22 bits per heavy atom. The molecule has 23 heavy (non-hydrogen) atoms. The van der Waals surface area contributed by atoms with Crippen molar-refractivity contribution in [2.75, 3.05) is 0 Å². The van der Waals surface area contributed by atoms with Crippen LogP contribution >= 0.6 is 23.2 Å². The standard InChI is InChI=1S/C16H13Cl2N3O2/c1-20-6-2-3-12(20)8-14-15(22)21(16(23)19-14)9-10-4-5-11(17)7-13(10)18/h2-8H,9H2,1H3,(H,19,23)/b14-8-. The highest BCUT2D eigenvalue weighted by Gasteiger charge is 2.34. The van der Waals surface area contributed by atoms with E-state index in [9.17, 15) is 9.59 Å². The number of carbonyl (C=O) groups excluding carboxylic acids is 2. The third-order valence-corrected chi connectivity index (χ3v) is 4.17. The van der Waals surface area contributed by atoms with Gasteiger partial charge in [0.1, 0.15) is 5.70 Å². The van der Waals surface area contributed by atoms with Gasteiger partial charge in [0.25, 0.3) is 5.91 Å². The second-order valence-corrected chi connectivity index (χ2v) is 6.00.